The SMILES string of the molecule is C[C@@H]1O[C@H](O[C@@H]2CC[C@]3(C)[C@H]4[C@H](O)C[C@]5(C)[C@H](C6=CC(=O)OC6)CC[C@]5(O)[C@@H]4CC[C@]3(O)C2)[C@H](O)[C@H](O)[C@H]1O. The van der Waals surface area contributed by atoms with Crippen molar-refractivity contribution in [1.82, 2.24) is 0 Å². The molecule has 0 radical (unpaired) electrons. The number of hydrogen-bond acceptors (Lipinski definition) is 10. The van der Waals surface area contributed by atoms with Gasteiger partial charge in [0.05, 0.1) is 29.5 Å². The highest BCUT2D eigenvalue weighted by Gasteiger charge is 2.72. The molecule has 0 aromatic heterocycles. The van der Waals surface area contributed by atoms with Crippen LogP contribution in [-0.2, 0) is 19.0 Å². The van der Waals surface area contributed by atoms with Gasteiger partial charge in [-0.25, -0.2) is 4.79 Å². The van der Waals surface area contributed by atoms with Crippen molar-refractivity contribution in [2.45, 2.75) is 126 Å². The van der Waals surface area contributed by atoms with Crippen LogP contribution in [0.25, 0.3) is 0 Å². The van der Waals surface area contributed by atoms with Crippen molar-refractivity contribution in [2.24, 2.45) is 28.6 Å². The molecular weight excluding hydrogens is 508 g/mol. The zero-order valence-electron chi connectivity index (χ0n) is 23.0. The Bertz CT molecular complexity index is 1030. The third kappa shape index (κ3) is 3.86. The van der Waals surface area contributed by atoms with Gasteiger partial charge in [0.1, 0.15) is 24.9 Å². The number of rotatable bonds is 3. The number of carbonyl (C=O) groups is 1. The van der Waals surface area contributed by atoms with Crippen molar-refractivity contribution in [3.63, 3.8) is 0 Å². The minimum atomic E-state index is -1.41. The fourth-order valence-electron chi connectivity index (χ4n) is 9.89. The Morgan fingerprint density at radius 1 is 0.923 bits per heavy atom. The molecular formula is C29H44O10. The van der Waals surface area contributed by atoms with Gasteiger partial charge in [-0.15, -0.1) is 0 Å². The lowest BCUT2D eigenvalue weighted by Gasteiger charge is -2.67. The van der Waals surface area contributed by atoms with Crippen molar-refractivity contribution in [3.05, 3.63) is 11.6 Å². The van der Waals surface area contributed by atoms with Gasteiger partial charge in [-0.2, -0.15) is 0 Å². The zero-order valence-corrected chi connectivity index (χ0v) is 23.0. The maximum atomic E-state index is 12.4. The number of fused-ring (bicyclic) bond motifs is 5. The van der Waals surface area contributed by atoms with Crippen molar-refractivity contribution in [2.75, 3.05) is 6.61 Å². The molecule has 6 N–H and O–H groups in total. The number of aliphatic hydroxyl groups excluding tert-OH is 4. The minimum Gasteiger partial charge on any atom is -0.458 e. The molecule has 6 rings (SSSR count). The van der Waals surface area contributed by atoms with E-state index >= 15 is 0 Å². The second kappa shape index (κ2) is 9.19. The van der Waals surface area contributed by atoms with E-state index in [-0.39, 0.29) is 36.8 Å². The monoisotopic (exact) mass is 552 g/mol. The maximum Gasteiger partial charge on any atom is 0.331 e. The van der Waals surface area contributed by atoms with Gasteiger partial charge in [0, 0.05) is 23.3 Å². The highest BCUT2D eigenvalue weighted by molar-refractivity contribution is 5.85. The van der Waals surface area contributed by atoms with E-state index < -0.39 is 64.9 Å². The lowest BCUT2D eigenvalue weighted by atomic mass is 9.41. The zero-order chi connectivity index (χ0) is 28.1. The standard InChI is InChI=1S/C29H44O10/c1-14-22(32)23(33)24(34)25(38-14)39-16-4-7-26(2)21-18(5-8-28(26,35)11-16)29(36)9-6-17(15-10-20(31)37-13-15)27(29,3)12-19(21)30/h10,14,16-19,21-25,30,32-36H,4-9,11-13H2,1-3H3/t14-,16+,17-,18+,19+,21+,22-,23+,24+,25+,26+,27+,28-,29-/m0/s1. The van der Waals surface area contributed by atoms with Crippen LogP contribution in [0.15, 0.2) is 11.6 Å². The minimum absolute atomic E-state index is 0.0412. The first-order valence-corrected chi connectivity index (χ1v) is 14.6. The predicted molar refractivity (Wildman–Crippen MR) is 136 cm³/mol. The molecule has 4 saturated carbocycles. The van der Waals surface area contributed by atoms with Crippen molar-refractivity contribution in [1.29, 1.82) is 0 Å². The van der Waals surface area contributed by atoms with Crippen LogP contribution >= 0.6 is 0 Å². The molecule has 2 heterocycles. The molecule has 10 heteroatoms. The van der Waals surface area contributed by atoms with Crippen LogP contribution in [-0.4, -0.2) is 97.3 Å². The molecule has 2 aliphatic heterocycles. The van der Waals surface area contributed by atoms with Gasteiger partial charge in [-0.1, -0.05) is 13.8 Å². The fourth-order valence-corrected chi connectivity index (χ4v) is 9.89. The first-order valence-electron chi connectivity index (χ1n) is 14.6. The molecule has 0 bridgehead atoms. The maximum absolute atomic E-state index is 12.4. The first kappa shape index (κ1) is 28.0. The van der Waals surface area contributed by atoms with Gasteiger partial charge in [0.25, 0.3) is 0 Å². The lowest BCUT2D eigenvalue weighted by molar-refractivity contribution is -0.323. The largest absolute Gasteiger partial charge is 0.458 e. The quantitative estimate of drug-likeness (QED) is 0.215. The van der Waals surface area contributed by atoms with Crippen LogP contribution in [0.5, 0.6) is 0 Å². The summed E-state index contributed by atoms with van der Waals surface area (Å²) in [4.78, 5) is 11.8. The highest BCUT2D eigenvalue weighted by Crippen LogP contribution is 2.70. The predicted octanol–water partition coefficient (Wildman–Crippen LogP) is 0.542. The van der Waals surface area contributed by atoms with Crippen LogP contribution in [0.4, 0.5) is 0 Å². The molecule has 10 nitrogen and oxygen atoms in total. The van der Waals surface area contributed by atoms with Crippen LogP contribution in [0, 0.1) is 28.6 Å². The first-order chi connectivity index (χ1) is 18.2. The molecule has 220 valence electrons. The summed E-state index contributed by atoms with van der Waals surface area (Å²) < 4.78 is 16.9. The molecule has 0 spiro atoms. The number of ether oxygens (including phenoxy) is 3. The van der Waals surface area contributed by atoms with E-state index in [1.807, 2.05) is 13.8 Å². The van der Waals surface area contributed by atoms with E-state index in [0.29, 0.717) is 38.5 Å². The van der Waals surface area contributed by atoms with Gasteiger partial charge in [-0.05, 0) is 75.2 Å². The third-order valence-corrected chi connectivity index (χ3v) is 12.2. The Morgan fingerprint density at radius 3 is 2.36 bits per heavy atom. The number of carbonyl (C=O) groups excluding carboxylic acids is 1. The second-order valence-corrected chi connectivity index (χ2v) is 13.8. The van der Waals surface area contributed by atoms with E-state index in [9.17, 15) is 35.4 Å². The Hall–Kier alpha value is -1.11. The van der Waals surface area contributed by atoms with E-state index in [1.165, 1.54) is 0 Å². The molecule has 6 aliphatic rings. The topological polar surface area (TPSA) is 166 Å². The van der Waals surface area contributed by atoms with Crippen molar-refractivity contribution in [3.8, 4) is 0 Å². The van der Waals surface area contributed by atoms with Gasteiger partial charge >= 0.3 is 5.97 Å². The average Bonchev–Trinajstić information content (AvgIpc) is 3.41. The van der Waals surface area contributed by atoms with Crippen LogP contribution in [0.2, 0.25) is 0 Å². The second-order valence-electron chi connectivity index (χ2n) is 13.8. The smallest absolute Gasteiger partial charge is 0.331 e. The van der Waals surface area contributed by atoms with Gasteiger partial charge in [0.15, 0.2) is 6.29 Å². The van der Waals surface area contributed by atoms with Gasteiger partial charge < -0.3 is 44.8 Å². The molecule has 0 aromatic rings. The number of hydrogen-bond donors (Lipinski definition) is 6. The molecule has 1 saturated heterocycles. The van der Waals surface area contributed by atoms with E-state index in [1.54, 1.807) is 13.0 Å². The summed E-state index contributed by atoms with van der Waals surface area (Å²) in [5.41, 5.74) is -2.54. The summed E-state index contributed by atoms with van der Waals surface area (Å²) in [5, 5.41) is 66.9. The van der Waals surface area contributed by atoms with Crippen molar-refractivity contribution < 1.29 is 49.6 Å². The molecule has 39 heavy (non-hydrogen) atoms. The van der Waals surface area contributed by atoms with Crippen molar-refractivity contribution >= 4 is 5.97 Å². The highest BCUT2D eigenvalue weighted by atomic mass is 16.7. The number of esters is 1. The van der Waals surface area contributed by atoms with E-state index in [4.69, 9.17) is 14.2 Å². The Balaban J connectivity index is 1.22. The lowest BCUT2D eigenvalue weighted by Crippen LogP contribution is -2.71. The molecule has 5 fully saturated rings. The average molecular weight is 553 g/mol. The Kier molecular flexibility index (Phi) is 6.61. The molecule has 0 aromatic carbocycles. The molecule has 0 amide bonds. The Morgan fingerprint density at radius 2 is 1.67 bits per heavy atom. The van der Waals surface area contributed by atoms with E-state index in [0.717, 1.165) is 12.0 Å². The number of aliphatic hydroxyl groups is 6. The van der Waals surface area contributed by atoms with Gasteiger partial charge in [0.2, 0.25) is 0 Å². The van der Waals surface area contributed by atoms with Crippen LogP contribution < -0.4 is 0 Å². The molecule has 14 atom stereocenters. The molecule has 0 unspecified atom stereocenters. The summed E-state index contributed by atoms with van der Waals surface area (Å²) in [6.07, 6.45) is -1.39. The van der Waals surface area contributed by atoms with Crippen LogP contribution in [0.3, 0.4) is 0 Å². The third-order valence-electron chi connectivity index (χ3n) is 12.2. The van der Waals surface area contributed by atoms with Crippen LogP contribution in [0.1, 0.15) is 72.1 Å². The summed E-state index contributed by atoms with van der Waals surface area (Å²) in [6, 6.07) is 0. The Labute approximate surface area is 229 Å². The van der Waals surface area contributed by atoms with E-state index in [2.05, 4.69) is 0 Å². The summed E-state index contributed by atoms with van der Waals surface area (Å²) >= 11 is 0. The summed E-state index contributed by atoms with van der Waals surface area (Å²) in [7, 11) is 0. The fraction of sp³-hybridized carbons (Fsp3) is 0.897. The molecule has 4 aliphatic carbocycles. The summed E-state index contributed by atoms with van der Waals surface area (Å²) in [5.74, 6) is -0.893. The summed E-state index contributed by atoms with van der Waals surface area (Å²) in [6.45, 7) is 5.92. The number of cyclic esters (lactones) is 1. The normalized spacial score (nSPS) is 57.3. The van der Waals surface area contributed by atoms with Gasteiger partial charge in [-0.3, -0.25) is 0 Å².